The van der Waals surface area contributed by atoms with Gasteiger partial charge in [-0.25, -0.2) is 4.79 Å². The molecule has 110 valence electrons. The maximum atomic E-state index is 11.6. The standard InChI is InChI=1S/C15H23N3O2/c1-4-7-9-8-12(9)16-14-13(15(19)20)10(5-2)11(6-3)17-18-14/h9,12H,4-8H2,1-3H3,(H,16,18)(H,19,20). The lowest BCUT2D eigenvalue weighted by Gasteiger charge is -2.13. The van der Waals surface area contributed by atoms with Crippen LogP contribution in [-0.4, -0.2) is 27.3 Å². The van der Waals surface area contributed by atoms with Crippen molar-refractivity contribution in [1.82, 2.24) is 10.2 Å². The Hall–Kier alpha value is -1.65. The number of nitrogens with zero attached hydrogens (tertiary/aromatic N) is 2. The number of hydrogen-bond donors (Lipinski definition) is 2. The van der Waals surface area contributed by atoms with Crippen molar-refractivity contribution in [1.29, 1.82) is 0 Å². The highest BCUT2D eigenvalue weighted by Crippen LogP contribution is 2.37. The number of anilines is 1. The maximum Gasteiger partial charge on any atom is 0.339 e. The Balaban J connectivity index is 2.26. The number of nitrogens with one attached hydrogen (secondary N) is 1. The number of rotatable bonds is 7. The Kier molecular flexibility index (Phi) is 4.57. The Morgan fingerprint density at radius 3 is 2.60 bits per heavy atom. The average molecular weight is 277 g/mol. The summed E-state index contributed by atoms with van der Waals surface area (Å²) in [5.41, 5.74) is 1.91. The molecule has 0 spiro atoms. The van der Waals surface area contributed by atoms with E-state index in [0.29, 0.717) is 36.2 Å². The van der Waals surface area contributed by atoms with Crippen molar-refractivity contribution in [2.75, 3.05) is 5.32 Å². The third-order valence-electron chi connectivity index (χ3n) is 3.96. The normalized spacial score (nSPS) is 20.8. The van der Waals surface area contributed by atoms with Crippen LogP contribution in [0.25, 0.3) is 0 Å². The Morgan fingerprint density at radius 1 is 1.30 bits per heavy atom. The quantitative estimate of drug-likeness (QED) is 0.801. The summed E-state index contributed by atoms with van der Waals surface area (Å²) in [7, 11) is 0. The lowest BCUT2D eigenvalue weighted by atomic mass is 10.0. The van der Waals surface area contributed by atoms with E-state index in [1.54, 1.807) is 0 Å². The van der Waals surface area contributed by atoms with E-state index in [1.807, 2.05) is 13.8 Å². The zero-order valence-electron chi connectivity index (χ0n) is 12.4. The molecule has 0 aliphatic heterocycles. The van der Waals surface area contributed by atoms with E-state index in [9.17, 15) is 9.90 Å². The molecule has 2 unspecified atom stereocenters. The zero-order valence-corrected chi connectivity index (χ0v) is 12.4. The van der Waals surface area contributed by atoms with Crippen molar-refractivity contribution in [3.63, 3.8) is 0 Å². The Bertz CT molecular complexity index is 502. The van der Waals surface area contributed by atoms with Gasteiger partial charge in [-0.3, -0.25) is 0 Å². The van der Waals surface area contributed by atoms with Crippen molar-refractivity contribution < 1.29 is 9.90 Å². The second-order valence-electron chi connectivity index (χ2n) is 5.40. The van der Waals surface area contributed by atoms with Gasteiger partial charge in [0.1, 0.15) is 5.56 Å². The first-order chi connectivity index (χ1) is 9.62. The van der Waals surface area contributed by atoms with Gasteiger partial charge in [0.05, 0.1) is 5.69 Å². The molecule has 0 bridgehead atoms. The number of aromatic nitrogens is 2. The van der Waals surface area contributed by atoms with Crippen LogP contribution in [-0.2, 0) is 12.8 Å². The highest BCUT2D eigenvalue weighted by Gasteiger charge is 2.37. The van der Waals surface area contributed by atoms with Crippen molar-refractivity contribution in [2.45, 2.75) is 58.9 Å². The van der Waals surface area contributed by atoms with E-state index >= 15 is 0 Å². The summed E-state index contributed by atoms with van der Waals surface area (Å²) in [4.78, 5) is 11.6. The minimum absolute atomic E-state index is 0.307. The third kappa shape index (κ3) is 2.92. The molecule has 0 amide bonds. The van der Waals surface area contributed by atoms with Crippen molar-refractivity contribution in [3.8, 4) is 0 Å². The summed E-state index contributed by atoms with van der Waals surface area (Å²) in [6.45, 7) is 6.10. The Labute approximate surface area is 119 Å². The van der Waals surface area contributed by atoms with Gasteiger partial charge in [0, 0.05) is 6.04 Å². The first-order valence-corrected chi connectivity index (χ1v) is 7.50. The maximum absolute atomic E-state index is 11.6. The van der Waals surface area contributed by atoms with Crippen LogP contribution in [0.1, 0.15) is 61.6 Å². The second kappa shape index (κ2) is 6.20. The fourth-order valence-electron chi connectivity index (χ4n) is 2.79. The molecule has 2 N–H and O–H groups in total. The minimum Gasteiger partial charge on any atom is -0.478 e. The highest BCUT2D eigenvalue weighted by atomic mass is 16.4. The number of hydrogen-bond acceptors (Lipinski definition) is 4. The first-order valence-electron chi connectivity index (χ1n) is 7.50. The molecule has 1 aliphatic carbocycles. The number of carbonyl (C=O) groups is 1. The minimum atomic E-state index is -0.915. The molecule has 0 radical (unpaired) electrons. The molecule has 1 heterocycles. The number of carboxylic acid groups (broad SMARTS) is 1. The summed E-state index contributed by atoms with van der Waals surface area (Å²) in [5, 5.41) is 21.1. The number of carboxylic acids is 1. The fraction of sp³-hybridized carbons (Fsp3) is 0.667. The zero-order chi connectivity index (χ0) is 14.7. The molecule has 1 saturated carbocycles. The SMILES string of the molecule is CCCC1CC1Nc1nnc(CC)c(CC)c1C(=O)O. The summed E-state index contributed by atoms with van der Waals surface area (Å²) in [5.74, 6) is 0.177. The summed E-state index contributed by atoms with van der Waals surface area (Å²) in [6, 6.07) is 0.361. The molecule has 0 saturated heterocycles. The van der Waals surface area contributed by atoms with Crippen molar-refractivity contribution in [2.24, 2.45) is 5.92 Å². The molecule has 2 rings (SSSR count). The summed E-state index contributed by atoms with van der Waals surface area (Å²) in [6.07, 6.45) is 4.82. The smallest absolute Gasteiger partial charge is 0.339 e. The number of aromatic carboxylic acids is 1. The predicted octanol–water partition coefficient (Wildman–Crippen LogP) is 2.90. The van der Waals surface area contributed by atoms with E-state index in [-0.39, 0.29) is 0 Å². The van der Waals surface area contributed by atoms with Crippen LogP contribution < -0.4 is 5.32 Å². The van der Waals surface area contributed by atoms with Gasteiger partial charge in [-0.15, -0.1) is 5.10 Å². The fourth-order valence-corrected chi connectivity index (χ4v) is 2.79. The van der Waals surface area contributed by atoms with Crippen LogP contribution >= 0.6 is 0 Å². The molecule has 1 aromatic rings. The van der Waals surface area contributed by atoms with Crippen LogP contribution in [0.5, 0.6) is 0 Å². The van der Waals surface area contributed by atoms with Crippen LogP contribution in [0.15, 0.2) is 0 Å². The van der Waals surface area contributed by atoms with Crippen molar-refractivity contribution >= 4 is 11.8 Å². The van der Waals surface area contributed by atoms with E-state index in [0.717, 1.165) is 24.1 Å². The van der Waals surface area contributed by atoms with E-state index < -0.39 is 5.97 Å². The van der Waals surface area contributed by atoms with Gasteiger partial charge in [-0.2, -0.15) is 5.10 Å². The van der Waals surface area contributed by atoms with Crippen LogP contribution in [0, 0.1) is 5.92 Å². The van der Waals surface area contributed by atoms with E-state index in [1.165, 1.54) is 6.42 Å². The molecule has 20 heavy (non-hydrogen) atoms. The Morgan fingerprint density at radius 2 is 2.05 bits per heavy atom. The summed E-state index contributed by atoms with van der Waals surface area (Å²) >= 11 is 0. The van der Waals surface area contributed by atoms with Gasteiger partial charge in [0.2, 0.25) is 0 Å². The van der Waals surface area contributed by atoms with Gasteiger partial charge >= 0.3 is 5.97 Å². The topological polar surface area (TPSA) is 75.1 Å². The van der Waals surface area contributed by atoms with Gasteiger partial charge in [-0.1, -0.05) is 27.2 Å². The van der Waals surface area contributed by atoms with Gasteiger partial charge in [-0.05, 0) is 37.2 Å². The van der Waals surface area contributed by atoms with Crippen LogP contribution in [0.4, 0.5) is 5.82 Å². The number of aryl methyl sites for hydroxylation is 1. The molecule has 1 aromatic heterocycles. The average Bonchev–Trinajstić information content (AvgIpc) is 3.16. The molecule has 5 nitrogen and oxygen atoms in total. The molecule has 1 fully saturated rings. The van der Waals surface area contributed by atoms with Crippen LogP contribution in [0.3, 0.4) is 0 Å². The van der Waals surface area contributed by atoms with E-state index in [2.05, 4.69) is 22.4 Å². The van der Waals surface area contributed by atoms with Crippen LogP contribution in [0.2, 0.25) is 0 Å². The third-order valence-corrected chi connectivity index (χ3v) is 3.96. The second-order valence-corrected chi connectivity index (χ2v) is 5.40. The lowest BCUT2D eigenvalue weighted by Crippen LogP contribution is -2.17. The monoisotopic (exact) mass is 277 g/mol. The highest BCUT2D eigenvalue weighted by molar-refractivity contribution is 5.95. The molecular weight excluding hydrogens is 254 g/mol. The summed E-state index contributed by atoms with van der Waals surface area (Å²) < 4.78 is 0. The molecule has 5 heteroatoms. The van der Waals surface area contributed by atoms with Crippen molar-refractivity contribution in [3.05, 3.63) is 16.8 Å². The molecule has 0 aromatic carbocycles. The largest absolute Gasteiger partial charge is 0.478 e. The van der Waals surface area contributed by atoms with Gasteiger partial charge < -0.3 is 10.4 Å². The molecule has 2 atom stereocenters. The molecular formula is C15H23N3O2. The first kappa shape index (κ1) is 14.8. The lowest BCUT2D eigenvalue weighted by molar-refractivity contribution is 0.0696. The van der Waals surface area contributed by atoms with Gasteiger partial charge in [0.25, 0.3) is 0 Å². The van der Waals surface area contributed by atoms with E-state index in [4.69, 9.17) is 0 Å². The molecule has 1 aliphatic rings. The van der Waals surface area contributed by atoms with Gasteiger partial charge in [0.15, 0.2) is 5.82 Å². The predicted molar refractivity (Wildman–Crippen MR) is 78.2 cm³/mol.